The van der Waals surface area contributed by atoms with Crippen LogP contribution in [-0.4, -0.2) is 18.8 Å². The summed E-state index contributed by atoms with van der Waals surface area (Å²) in [6, 6.07) is 0. The van der Waals surface area contributed by atoms with Crippen molar-refractivity contribution in [1.82, 2.24) is 5.32 Å². The van der Waals surface area contributed by atoms with Crippen LogP contribution in [0.4, 0.5) is 0 Å². The average Bonchev–Trinajstić information content (AvgIpc) is 3.07. The number of carbonyl (C=O) groups excluding carboxylic acids is 2. The van der Waals surface area contributed by atoms with Crippen LogP contribution < -0.4 is 5.32 Å². The van der Waals surface area contributed by atoms with Crippen molar-refractivity contribution in [3.05, 3.63) is 11.5 Å². The Morgan fingerprint density at radius 3 is 2.06 bits per heavy atom. The lowest BCUT2D eigenvalue weighted by Crippen LogP contribution is -2.28. The Labute approximate surface area is 95.0 Å². The fourth-order valence-electron chi connectivity index (χ4n) is 1.74. The zero-order chi connectivity index (χ0) is 11.7. The first kappa shape index (κ1) is 11.2. The predicted molar refractivity (Wildman–Crippen MR) is 58.3 cm³/mol. The molecule has 0 aromatic rings. The molecule has 0 atom stereocenters. The summed E-state index contributed by atoms with van der Waals surface area (Å²) in [5.41, 5.74) is 0.701. The lowest BCUT2D eigenvalue weighted by atomic mass is 10.2. The zero-order valence-electron chi connectivity index (χ0n) is 9.71. The molecule has 4 heteroatoms. The van der Waals surface area contributed by atoms with Gasteiger partial charge in [-0.25, -0.2) is 0 Å². The van der Waals surface area contributed by atoms with Crippen LogP contribution in [0.25, 0.3) is 0 Å². The molecule has 0 spiro atoms. The Bertz CT molecular complexity index is 351. The van der Waals surface area contributed by atoms with E-state index in [1.54, 1.807) is 0 Å². The summed E-state index contributed by atoms with van der Waals surface area (Å²) in [7, 11) is 1.47. The fraction of sp³-hybridized carbons (Fsp3) is 0.667. The Morgan fingerprint density at radius 2 is 1.69 bits per heavy atom. The van der Waals surface area contributed by atoms with Gasteiger partial charge in [-0.3, -0.25) is 9.59 Å². The molecule has 0 aromatic carbocycles. The quantitative estimate of drug-likeness (QED) is 0.565. The molecular weight excluding hydrogens is 206 g/mol. The third-order valence-corrected chi connectivity index (χ3v) is 2.96. The van der Waals surface area contributed by atoms with Crippen LogP contribution in [-0.2, 0) is 14.3 Å². The van der Waals surface area contributed by atoms with Gasteiger partial charge in [0.25, 0.3) is 0 Å². The normalized spacial score (nSPS) is 21.1. The van der Waals surface area contributed by atoms with Crippen LogP contribution in [0.2, 0.25) is 0 Å². The molecule has 0 unspecified atom stereocenters. The Morgan fingerprint density at radius 1 is 1.12 bits per heavy atom. The number of hydrogen-bond donors (Lipinski definition) is 1. The lowest BCUT2D eigenvalue weighted by molar-refractivity contribution is -0.121. The Balaban J connectivity index is 2.14. The second-order valence-electron chi connectivity index (χ2n) is 4.54. The number of Topliss-reactive ketones (excluding diaryl/α,β-unsaturated/α-hetero) is 1. The van der Waals surface area contributed by atoms with Crippen molar-refractivity contribution in [2.24, 2.45) is 11.8 Å². The molecule has 2 rings (SSSR count). The van der Waals surface area contributed by atoms with Gasteiger partial charge in [0.1, 0.15) is 0 Å². The van der Waals surface area contributed by atoms with Crippen LogP contribution in [0, 0.1) is 11.8 Å². The first-order valence-corrected chi connectivity index (χ1v) is 5.73. The highest BCUT2D eigenvalue weighted by atomic mass is 16.5. The zero-order valence-corrected chi connectivity index (χ0v) is 9.71. The monoisotopic (exact) mass is 223 g/mol. The van der Waals surface area contributed by atoms with Gasteiger partial charge in [-0.15, -0.1) is 0 Å². The van der Waals surface area contributed by atoms with Gasteiger partial charge in [0, 0.05) is 18.8 Å². The van der Waals surface area contributed by atoms with E-state index in [9.17, 15) is 9.59 Å². The number of amides is 1. The Kier molecular flexibility index (Phi) is 2.99. The van der Waals surface area contributed by atoms with E-state index in [-0.39, 0.29) is 17.6 Å². The SMILES string of the molecule is CO/C(C(C)=O)=C(/NC(=O)C1CC1)C1CC1. The summed E-state index contributed by atoms with van der Waals surface area (Å²) >= 11 is 0. The lowest BCUT2D eigenvalue weighted by Gasteiger charge is -2.12. The molecule has 4 nitrogen and oxygen atoms in total. The molecule has 2 aliphatic rings. The highest BCUT2D eigenvalue weighted by Gasteiger charge is 2.36. The van der Waals surface area contributed by atoms with Crippen LogP contribution in [0.1, 0.15) is 32.6 Å². The molecule has 2 fully saturated rings. The molecule has 1 N–H and O–H groups in total. The highest BCUT2D eigenvalue weighted by Crippen LogP contribution is 2.38. The average molecular weight is 223 g/mol. The summed E-state index contributed by atoms with van der Waals surface area (Å²) in [4.78, 5) is 23.1. The smallest absolute Gasteiger partial charge is 0.227 e. The van der Waals surface area contributed by atoms with Gasteiger partial charge in [-0.2, -0.15) is 0 Å². The molecule has 1 amide bonds. The van der Waals surface area contributed by atoms with Crippen molar-refractivity contribution in [2.45, 2.75) is 32.6 Å². The van der Waals surface area contributed by atoms with E-state index in [1.165, 1.54) is 14.0 Å². The van der Waals surface area contributed by atoms with Crippen molar-refractivity contribution in [1.29, 1.82) is 0 Å². The van der Waals surface area contributed by atoms with Gasteiger partial charge in [0.05, 0.1) is 12.8 Å². The van der Waals surface area contributed by atoms with Crippen LogP contribution in [0.3, 0.4) is 0 Å². The van der Waals surface area contributed by atoms with E-state index in [4.69, 9.17) is 4.74 Å². The van der Waals surface area contributed by atoms with E-state index in [1.807, 2.05) is 0 Å². The third-order valence-electron chi connectivity index (χ3n) is 2.96. The molecule has 88 valence electrons. The van der Waals surface area contributed by atoms with Gasteiger partial charge in [-0.05, 0) is 25.7 Å². The number of nitrogens with one attached hydrogen (secondary N) is 1. The van der Waals surface area contributed by atoms with Crippen molar-refractivity contribution < 1.29 is 14.3 Å². The van der Waals surface area contributed by atoms with E-state index < -0.39 is 0 Å². The first-order chi connectivity index (χ1) is 7.63. The summed E-state index contributed by atoms with van der Waals surface area (Å²) in [5.74, 6) is 0.690. The largest absolute Gasteiger partial charge is 0.491 e. The van der Waals surface area contributed by atoms with Crippen LogP contribution in [0.15, 0.2) is 11.5 Å². The topological polar surface area (TPSA) is 55.4 Å². The molecule has 2 saturated carbocycles. The Hall–Kier alpha value is -1.32. The summed E-state index contributed by atoms with van der Waals surface area (Å²) < 4.78 is 5.09. The number of ether oxygens (including phenoxy) is 1. The number of rotatable bonds is 5. The summed E-state index contributed by atoms with van der Waals surface area (Å²) in [6.07, 6.45) is 3.99. The summed E-state index contributed by atoms with van der Waals surface area (Å²) in [6.45, 7) is 1.46. The van der Waals surface area contributed by atoms with Gasteiger partial charge in [0.2, 0.25) is 5.91 Å². The minimum Gasteiger partial charge on any atom is -0.491 e. The van der Waals surface area contributed by atoms with Crippen molar-refractivity contribution in [3.63, 3.8) is 0 Å². The molecular formula is C12H17NO3. The summed E-state index contributed by atoms with van der Waals surface area (Å²) in [5, 5.41) is 2.87. The molecule has 16 heavy (non-hydrogen) atoms. The minimum atomic E-state index is -0.125. The van der Waals surface area contributed by atoms with Gasteiger partial charge in [-0.1, -0.05) is 0 Å². The van der Waals surface area contributed by atoms with Crippen molar-refractivity contribution in [2.75, 3.05) is 7.11 Å². The molecule has 0 radical (unpaired) electrons. The first-order valence-electron chi connectivity index (χ1n) is 5.73. The predicted octanol–water partition coefficient (Wildman–Crippen LogP) is 1.37. The number of allylic oxidation sites excluding steroid dienone is 2. The molecule has 2 aliphatic carbocycles. The second kappa shape index (κ2) is 4.28. The maximum Gasteiger partial charge on any atom is 0.227 e. The highest BCUT2D eigenvalue weighted by molar-refractivity contribution is 5.93. The van der Waals surface area contributed by atoms with E-state index in [0.717, 1.165) is 25.7 Å². The van der Waals surface area contributed by atoms with Crippen LogP contribution >= 0.6 is 0 Å². The fourth-order valence-corrected chi connectivity index (χ4v) is 1.74. The molecule has 0 heterocycles. The van der Waals surface area contributed by atoms with E-state index >= 15 is 0 Å². The maximum atomic E-state index is 11.7. The standard InChI is InChI=1S/C12H17NO3/c1-7(14)11(16-2)10(8-3-4-8)13-12(15)9-5-6-9/h8-9H,3-6H2,1-2H3,(H,13,15)/b11-10+. The number of hydrogen-bond acceptors (Lipinski definition) is 3. The second-order valence-corrected chi connectivity index (χ2v) is 4.54. The van der Waals surface area contributed by atoms with E-state index in [2.05, 4.69) is 5.32 Å². The van der Waals surface area contributed by atoms with Crippen molar-refractivity contribution >= 4 is 11.7 Å². The molecule has 0 aromatic heterocycles. The van der Waals surface area contributed by atoms with Gasteiger partial charge < -0.3 is 10.1 Å². The van der Waals surface area contributed by atoms with Crippen molar-refractivity contribution in [3.8, 4) is 0 Å². The van der Waals surface area contributed by atoms with Crippen LogP contribution in [0.5, 0.6) is 0 Å². The van der Waals surface area contributed by atoms with Gasteiger partial charge >= 0.3 is 0 Å². The minimum absolute atomic E-state index is 0.0395. The molecule has 0 saturated heterocycles. The number of methoxy groups -OCH3 is 1. The molecule has 0 aliphatic heterocycles. The third kappa shape index (κ3) is 2.43. The number of ketones is 1. The maximum absolute atomic E-state index is 11.7. The number of carbonyl (C=O) groups is 2. The molecule has 0 bridgehead atoms. The van der Waals surface area contributed by atoms with E-state index in [0.29, 0.717) is 17.4 Å². The van der Waals surface area contributed by atoms with Gasteiger partial charge in [0.15, 0.2) is 11.5 Å².